The van der Waals surface area contributed by atoms with E-state index in [0.717, 1.165) is 12.0 Å². The quantitative estimate of drug-likeness (QED) is 0.688. The highest BCUT2D eigenvalue weighted by Crippen LogP contribution is 2.56. The average Bonchev–Trinajstić information content (AvgIpc) is 2.55. The number of carbonyl (C=O) groups is 1. The molecule has 0 aromatic heterocycles. The van der Waals surface area contributed by atoms with Gasteiger partial charge in [0.1, 0.15) is 11.5 Å². The second-order valence-electron chi connectivity index (χ2n) is 5.79. The number of likely N-dealkylation sites (tertiary alicyclic amines) is 1. The van der Waals surface area contributed by atoms with Crippen LogP contribution in [0.5, 0.6) is 0 Å². The summed E-state index contributed by atoms with van der Waals surface area (Å²) in [4.78, 5) is 14.6. The Hall–Kier alpha value is -1.23. The molecule has 1 aromatic carbocycles. The van der Waals surface area contributed by atoms with Crippen LogP contribution in [0.2, 0.25) is 0 Å². The van der Waals surface area contributed by atoms with Crippen LogP contribution in [0.1, 0.15) is 45.2 Å². The summed E-state index contributed by atoms with van der Waals surface area (Å²) in [6, 6.07) is 5.87. The van der Waals surface area contributed by atoms with Crippen molar-refractivity contribution in [3.8, 4) is 0 Å². The third kappa shape index (κ3) is 4.05. The van der Waals surface area contributed by atoms with Crippen molar-refractivity contribution in [3.63, 3.8) is 0 Å². The van der Waals surface area contributed by atoms with Gasteiger partial charge in [-0.05, 0) is 51.3 Å². The Labute approximate surface area is 142 Å². The van der Waals surface area contributed by atoms with E-state index in [0.29, 0.717) is 13.0 Å². The number of benzene rings is 1. The third-order valence-electron chi connectivity index (χ3n) is 4.26. The van der Waals surface area contributed by atoms with E-state index in [1.54, 1.807) is 30.9 Å². The summed E-state index contributed by atoms with van der Waals surface area (Å²) < 4.78 is 36.8. The summed E-state index contributed by atoms with van der Waals surface area (Å²) >= 11 is 0. The molecule has 0 aliphatic carbocycles. The van der Waals surface area contributed by atoms with Crippen molar-refractivity contribution in [3.05, 3.63) is 35.6 Å². The minimum atomic E-state index is -3.48. The number of hydrogen-bond donors (Lipinski definition) is 0. The molecule has 0 spiro atoms. The van der Waals surface area contributed by atoms with Crippen molar-refractivity contribution in [2.45, 2.75) is 45.3 Å². The van der Waals surface area contributed by atoms with E-state index in [1.165, 1.54) is 12.1 Å². The number of halogens is 1. The lowest BCUT2D eigenvalue weighted by Crippen LogP contribution is -2.45. The number of piperidine rings is 1. The fraction of sp³-hybridized carbons (Fsp3) is 0.588. The van der Waals surface area contributed by atoms with E-state index in [9.17, 15) is 13.8 Å². The van der Waals surface area contributed by atoms with Gasteiger partial charge in [0.2, 0.25) is 5.91 Å². The Morgan fingerprint density at radius 1 is 1.25 bits per heavy atom. The van der Waals surface area contributed by atoms with Crippen LogP contribution in [0.15, 0.2) is 24.3 Å². The van der Waals surface area contributed by atoms with Gasteiger partial charge in [0.05, 0.1) is 19.3 Å². The van der Waals surface area contributed by atoms with Gasteiger partial charge in [0, 0.05) is 6.54 Å². The highest BCUT2D eigenvalue weighted by molar-refractivity contribution is 7.55. The summed E-state index contributed by atoms with van der Waals surface area (Å²) in [7, 11) is -3.48. The fourth-order valence-corrected chi connectivity index (χ4v) is 5.13. The Morgan fingerprint density at radius 2 is 1.83 bits per heavy atom. The van der Waals surface area contributed by atoms with Gasteiger partial charge < -0.3 is 13.9 Å². The number of nitrogens with zero attached hydrogens (tertiary/aromatic N) is 1. The molecular weight excluding hydrogens is 332 g/mol. The number of rotatable bonds is 7. The second kappa shape index (κ2) is 8.24. The van der Waals surface area contributed by atoms with Gasteiger partial charge in [-0.3, -0.25) is 9.36 Å². The summed E-state index contributed by atoms with van der Waals surface area (Å²) in [5.74, 6) is -0.533. The lowest BCUT2D eigenvalue weighted by molar-refractivity contribution is -0.135. The van der Waals surface area contributed by atoms with Gasteiger partial charge in [-0.25, -0.2) is 4.39 Å². The minimum Gasteiger partial charge on any atom is -0.335 e. The molecule has 2 atom stereocenters. The van der Waals surface area contributed by atoms with Gasteiger partial charge >= 0.3 is 7.60 Å². The summed E-state index contributed by atoms with van der Waals surface area (Å²) in [6.45, 7) is 6.39. The van der Waals surface area contributed by atoms with Gasteiger partial charge in [0.15, 0.2) is 0 Å². The normalized spacial score (nSPS) is 20.2. The van der Waals surface area contributed by atoms with Crippen molar-refractivity contribution in [2.24, 2.45) is 0 Å². The third-order valence-corrected chi connectivity index (χ3v) is 6.74. The van der Waals surface area contributed by atoms with Gasteiger partial charge in [-0.2, -0.15) is 0 Å². The summed E-state index contributed by atoms with van der Waals surface area (Å²) in [5.41, 5.74) is 0.0714. The predicted octanol–water partition coefficient (Wildman–Crippen LogP) is 4.14. The molecule has 0 radical (unpaired) electrons. The zero-order valence-electron chi connectivity index (χ0n) is 14.4. The van der Waals surface area contributed by atoms with Crippen LogP contribution in [-0.2, 0) is 18.4 Å². The molecule has 5 nitrogen and oxygen atoms in total. The molecule has 134 valence electrons. The van der Waals surface area contributed by atoms with Crippen LogP contribution in [0.25, 0.3) is 0 Å². The Balaban J connectivity index is 2.22. The van der Waals surface area contributed by atoms with Crippen molar-refractivity contribution in [2.75, 3.05) is 19.8 Å². The Bertz CT molecular complexity index is 597. The lowest BCUT2D eigenvalue weighted by Gasteiger charge is -2.38. The first-order valence-electron chi connectivity index (χ1n) is 8.37. The SMILES string of the molecule is CCOP(=O)(OCC)C1CCCN(C(C)c2ccc(F)cc2)C1=O. The molecule has 24 heavy (non-hydrogen) atoms. The fourth-order valence-electron chi connectivity index (χ4n) is 3.06. The van der Waals surface area contributed by atoms with Crippen LogP contribution in [0, 0.1) is 5.82 Å². The predicted molar refractivity (Wildman–Crippen MR) is 90.4 cm³/mol. The van der Waals surface area contributed by atoms with Crippen molar-refractivity contribution >= 4 is 13.5 Å². The molecule has 1 heterocycles. The van der Waals surface area contributed by atoms with Gasteiger partial charge in [-0.1, -0.05) is 12.1 Å². The van der Waals surface area contributed by atoms with Gasteiger partial charge in [-0.15, -0.1) is 0 Å². The molecule has 0 bridgehead atoms. The van der Waals surface area contributed by atoms with Crippen LogP contribution in [0.4, 0.5) is 4.39 Å². The molecule has 0 saturated carbocycles. The zero-order valence-corrected chi connectivity index (χ0v) is 15.3. The van der Waals surface area contributed by atoms with E-state index < -0.39 is 13.3 Å². The molecule has 1 aliphatic heterocycles. The van der Waals surface area contributed by atoms with Crippen LogP contribution in [0.3, 0.4) is 0 Å². The average molecular weight is 357 g/mol. The smallest absolute Gasteiger partial charge is 0.335 e. The topological polar surface area (TPSA) is 55.8 Å². The largest absolute Gasteiger partial charge is 0.343 e. The van der Waals surface area contributed by atoms with E-state index in [1.807, 2.05) is 6.92 Å². The first-order valence-corrected chi connectivity index (χ1v) is 9.98. The monoisotopic (exact) mass is 357 g/mol. The second-order valence-corrected chi connectivity index (χ2v) is 8.01. The van der Waals surface area contributed by atoms with Crippen molar-refractivity contribution in [1.82, 2.24) is 4.90 Å². The maximum atomic E-state index is 13.1. The summed E-state index contributed by atoms with van der Waals surface area (Å²) in [6.07, 6.45) is 1.22. The van der Waals surface area contributed by atoms with Crippen LogP contribution >= 0.6 is 7.60 Å². The molecule has 1 fully saturated rings. The molecule has 2 unspecified atom stereocenters. The lowest BCUT2D eigenvalue weighted by atomic mass is 10.0. The number of carbonyl (C=O) groups excluding carboxylic acids is 1. The minimum absolute atomic E-state index is 0.219. The zero-order chi connectivity index (χ0) is 17.7. The Kier molecular flexibility index (Phi) is 6.55. The molecule has 0 N–H and O–H groups in total. The van der Waals surface area contributed by atoms with Gasteiger partial charge in [0.25, 0.3) is 0 Å². The molecule has 2 rings (SSSR count). The first-order chi connectivity index (χ1) is 11.4. The van der Waals surface area contributed by atoms with Crippen molar-refractivity contribution in [1.29, 1.82) is 0 Å². The summed E-state index contributed by atoms with van der Waals surface area (Å²) in [5, 5.41) is 0. The van der Waals surface area contributed by atoms with E-state index in [2.05, 4.69) is 0 Å². The highest BCUT2D eigenvalue weighted by atomic mass is 31.2. The maximum absolute atomic E-state index is 13.1. The molecule has 1 amide bonds. The molecule has 7 heteroatoms. The number of hydrogen-bond acceptors (Lipinski definition) is 4. The van der Waals surface area contributed by atoms with Crippen LogP contribution < -0.4 is 0 Å². The molecule has 1 saturated heterocycles. The van der Waals surface area contributed by atoms with E-state index in [4.69, 9.17) is 9.05 Å². The molecular formula is C17H25FNO4P. The molecule has 1 aromatic rings. The van der Waals surface area contributed by atoms with E-state index in [-0.39, 0.29) is 31.0 Å². The van der Waals surface area contributed by atoms with E-state index >= 15 is 0 Å². The maximum Gasteiger partial charge on any atom is 0.343 e. The highest BCUT2D eigenvalue weighted by Gasteiger charge is 2.45. The van der Waals surface area contributed by atoms with Crippen molar-refractivity contribution < 1.29 is 22.8 Å². The van der Waals surface area contributed by atoms with Crippen LogP contribution in [-0.4, -0.2) is 36.2 Å². The first kappa shape index (κ1) is 19.1. The molecule has 1 aliphatic rings. The standard InChI is InChI=1S/C17H25FNO4P/c1-4-22-24(21,23-5-2)16-7-6-12-19(17(16)20)13(3)14-8-10-15(18)11-9-14/h8-11,13,16H,4-7,12H2,1-3H3. The Morgan fingerprint density at radius 3 is 2.38 bits per heavy atom. The number of amides is 1.